The first-order chi connectivity index (χ1) is 10.3. The molecule has 1 aromatic rings. The van der Waals surface area contributed by atoms with Crippen LogP contribution in [0, 0.1) is 5.92 Å². The predicted octanol–water partition coefficient (Wildman–Crippen LogP) is -0.558. The molecule has 116 valence electrons. The van der Waals surface area contributed by atoms with Crippen LogP contribution in [0.1, 0.15) is 6.42 Å². The fourth-order valence-corrected chi connectivity index (χ4v) is 2.39. The van der Waals surface area contributed by atoms with Gasteiger partial charge in [0.2, 0.25) is 17.8 Å². The number of hydrogen-bond acceptors (Lipinski definition) is 9. The van der Waals surface area contributed by atoms with E-state index in [1.54, 1.807) is 0 Å². The molecule has 2 aliphatic heterocycles. The van der Waals surface area contributed by atoms with Crippen LogP contribution in [0.15, 0.2) is 0 Å². The summed E-state index contributed by atoms with van der Waals surface area (Å²) >= 11 is 0. The minimum Gasteiger partial charge on any atom is -0.381 e. The first-order valence-corrected chi connectivity index (χ1v) is 7.22. The zero-order chi connectivity index (χ0) is 14.5. The molecule has 0 aromatic carbocycles. The fourth-order valence-electron chi connectivity index (χ4n) is 2.39. The van der Waals surface area contributed by atoms with Gasteiger partial charge in [-0.15, -0.1) is 0 Å². The van der Waals surface area contributed by atoms with Crippen molar-refractivity contribution >= 4 is 17.8 Å². The Kier molecular flexibility index (Phi) is 4.63. The molecule has 3 heterocycles. The summed E-state index contributed by atoms with van der Waals surface area (Å²) in [4.78, 5) is 15.1. The van der Waals surface area contributed by atoms with Crippen LogP contribution in [0.5, 0.6) is 0 Å². The number of aromatic nitrogens is 3. The molecule has 2 saturated heterocycles. The molecule has 1 unspecified atom stereocenters. The minimum absolute atomic E-state index is 0.358. The van der Waals surface area contributed by atoms with Crippen molar-refractivity contribution in [1.82, 2.24) is 15.0 Å². The lowest BCUT2D eigenvalue weighted by Gasteiger charge is -2.27. The van der Waals surface area contributed by atoms with Crippen molar-refractivity contribution in [2.75, 3.05) is 61.7 Å². The van der Waals surface area contributed by atoms with Crippen molar-refractivity contribution in [3.8, 4) is 0 Å². The van der Waals surface area contributed by atoms with Crippen LogP contribution in [-0.4, -0.2) is 61.0 Å². The average Bonchev–Trinajstić information content (AvgIpc) is 3.07. The van der Waals surface area contributed by atoms with Gasteiger partial charge in [-0.1, -0.05) is 0 Å². The zero-order valence-corrected chi connectivity index (χ0v) is 11.9. The number of nitrogens with one attached hydrogen (secondary N) is 2. The fraction of sp³-hybridized carbons (Fsp3) is 0.750. The highest BCUT2D eigenvalue weighted by Crippen LogP contribution is 2.16. The van der Waals surface area contributed by atoms with Crippen LogP contribution in [-0.2, 0) is 9.47 Å². The third kappa shape index (κ3) is 3.69. The van der Waals surface area contributed by atoms with E-state index in [1.165, 1.54) is 0 Å². The summed E-state index contributed by atoms with van der Waals surface area (Å²) in [7, 11) is 0. The van der Waals surface area contributed by atoms with Gasteiger partial charge in [0.05, 0.1) is 19.8 Å². The Morgan fingerprint density at radius 2 is 1.90 bits per heavy atom. The van der Waals surface area contributed by atoms with Gasteiger partial charge in [0.15, 0.2) is 0 Å². The molecule has 2 aliphatic rings. The third-order valence-electron chi connectivity index (χ3n) is 3.62. The molecule has 2 fully saturated rings. The summed E-state index contributed by atoms with van der Waals surface area (Å²) in [6.07, 6.45) is 1.07. The van der Waals surface area contributed by atoms with Crippen molar-refractivity contribution in [1.29, 1.82) is 0 Å². The van der Waals surface area contributed by atoms with Crippen molar-refractivity contribution in [2.45, 2.75) is 6.42 Å². The molecular formula is C12H21N7O2. The number of rotatable bonds is 5. The highest BCUT2D eigenvalue weighted by molar-refractivity contribution is 5.43. The van der Waals surface area contributed by atoms with Gasteiger partial charge < -0.3 is 19.7 Å². The summed E-state index contributed by atoms with van der Waals surface area (Å²) in [6.45, 7) is 5.30. The van der Waals surface area contributed by atoms with Gasteiger partial charge in [0.1, 0.15) is 0 Å². The molecule has 9 heteroatoms. The number of hydrazine groups is 1. The predicted molar refractivity (Wildman–Crippen MR) is 78.1 cm³/mol. The monoisotopic (exact) mass is 295 g/mol. The smallest absolute Gasteiger partial charge is 0.243 e. The topological polar surface area (TPSA) is 110 Å². The van der Waals surface area contributed by atoms with Gasteiger partial charge in [-0.2, -0.15) is 15.0 Å². The van der Waals surface area contributed by atoms with Crippen molar-refractivity contribution < 1.29 is 9.47 Å². The minimum atomic E-state index is 0.358. The van der Waals surface area contributed by atoms with Crippen molar-refractivity contribution in [2.24, 2.45) is 11.8 Å². The SMILES string of the molecule is NNc1nc(NCC2CCOC2)nc(N2CCOCC2)n1. The number of nitrogen functional groups attached to an aromatic ring is 1. The van der Waals surface area contributed by atoms with E-state index in [4.69, 9.17) is 15.3 Å². The lowest BCUT2D eigenvalue weighted by Crippen LogP contribution is -2.37. The maximum atomic E-state index is 5.44. The Labute approximate surface area is 123 Å². The number of hydrogen-bond donors (Lipinski definition) is 3. The Bertz CT molecular complexity index is 461. The number of morpholine rings is 1. The largest absolute Gasteiger partial charge is 0.381 e. The van der Waals surface area contributed by atoms with Gasteiger partial charge >= 0.3 is 0 Å². The molecule has 21 heavy (non-hydrogen) atoms. The molecule has 0 aliphatic carbocycles. The van der Waals surface area contributed by atoms with Gasteiger partial charge in [0, 0.05) is 32.2 Å². The van der Waals surface area contributed by atoms with E-state index >= 15 is 0 Å². The van der Waals surface area contributed by atoms with Gasteiger partial charge in [-0.3, -0.25) is 5.43 Å². The highest BCUT2D eigenvalue weighted by Gasteiger charge is 2.18. The van der Waals surface area contributed by atoms with Gasteiger partial charge in [0.25, 0.3) is 0 Å². The molecule has 3 rings (SSSR count). The molecule has 9 nitrogen and oxygen atoms in total. The van der Waals surface area contributed by atoms with E-state index < -0.39 is 0 Å². The second-order valence-corrected chi connectivity index (χ2v) is 5.14. The molecule has 0 saturated carbocycles. The van der Waals surface area contributed by atoms with E-state index in [2.05, 4.69) is 30.6 Å². The highest BCUT2D eigenvalue weighted by atomic mass is 16.5. The lowest BCUT2D eigenvalue weighted by molar-refractivity contribution is 0.122. The second kappa shape index (κ2) is 6.83. The standard InChI is InChI=1S/C12H21N7O2/c13-18-11-15-10(14-7-9-1-4-21-8-9)16-12(17-11)19-2-5-20-6-3-19/h9H,1-8,13H2,(H2,14,15,16,17,18). The van der Waals surface area contributed by atoms with Crippen LogP contribution in [0.2, 0.25) is 0 Å². The molecule has 1 aromatic heterocycles. The van der Waals surface area contributed by atoms with Gasteiger partial charge in [-0.05, 0) is 6.42 Å². The molecule has 0 bridgehead atoms. The normalized spacial score (nSPS) is 22.3. The van der Waals surface area contributed by atoms with E-state index in [0.717, 1.165) is 39.3 Å². The van der Waals surface area contributed by atoms with Crippen LogP contribution < -0.4 is 21.5 Å². The van der Waals surface area contributed by atoms with E-state index in [1.807, 2.05) is 0 Å². The second-order valence-electron chi connectivity index (χ2n) is 5.14. The summed E-state index contributed by atoms with van der Waals surface area (Å²) in [5.41, 5.74) is 2.49. The summed E-state index contributed by atoms with van der Waals surface area (Å²) in [6, 6.07) is 0. The Balaban J connectivity index is 1.69. The molecule has 0 spiro atoms. The van der Waals surface area contributed by atoms with Crippen LogP contribution in [0.25, 0.3) is 0 Å². The van der Waals surface area contributed by atoms with E-state index in [-0.39, 0.29) is 0 Å². The molecular weight excluding hydrogens is 274 g/mol. The summed E-state index contributed by atoms with van der Waals surface area (Å²) in [5, 5.41) is 3.25. The van der Waals surface area contributed by atoms with Crippen molar-refractivity contribution in [3.05, 3.63) is 0 Å². The van der Waals surface area contributed by atoms with Crippen molar-refractivity contribution in [3.63, 3.8) is 0 Å². The van der Waals surface area contributed by atoms with E-state index in [9.17, 15) is 0 Å². The Hall–Kier alpha value is -1.71. The van der Waals surface area contributed by atoms with Crippen LogP contribution in [0.3, 0.4) is 0 Å². The molecule has 1 atom stereocenters. The maximum Gasteiger partial charge on any atom is 0.243 e. The Morgan fingerprint density at radius 1 is 1.10 bits per heavy atom. The molecule has 0 radical (unpaired) electrons. The average molecular weight is 295 g/mol. The van der Waals surface area contributed by atoms with Gasteiger partial charge in [-0.25, -0.2) is 5.84 Å². The third-order valence-corrected chi connectivity index (χ3v) is 3.62. The first kappa shape index (κ1) is 14.2. The number of anilines is 3. The molecule has 4 N–H and O–H groups in total. The number of nitrogens with two attached hydrogens (primary N) is 1. The van der Waals surface area contributed by atoms with Crippen LogP contribution >= 0.6 is 0 Å². The van der Waals surface area contributed by atoms with E-state index in [0.29, 0.717) is 37.0 Å². The summed E-state index contributed by atoms with van der Waals surface area (Å²) < 4.78 is 10.7. The first-order valence-electron chi connectivity index (χ1n) is 7.22. The quantitative estimate of drug-likeness (QED) is 0.486. The number of ether oxygens (including phenoxy) is 2. The summed E-state index contributed by atoms with van der Waals surface area (Å²) in [5.74, 6) is 7.45. The zero-order valence-electron chi connectivity index (χ0n) is 11.9. The number of nitrogens with zero attached hydrogens (tertiary/aromatic N) is 4. The maximum absolute atomic E-state index is 5.44. The Morgan fingerprint density at radius 3 is 2.62 bits per heavy atom. The lowest BCUT2D eigenvalue weighted by atomic mass is 10.1. The van der Waals surface area contributed by atoms with Crippen LogP contribution in [0.4, 0.5) is 17.8 Å². The molecule has 0 amide bonds.